The second-order valence-electron chi connectivity index (χ2n) is 3.62. The van der Waals surface area contributed by atoms with Crippen LogP contribution in [0.2, 0.25) is 10.2 Å². The molecule has 0 N–H and O–H groups in total. The number of aromatic nitrogens is 1. The Bertz CT molecular complexity index is 470. The van der Waals surface area contributed by atoms with Gasteiger partial charge in [-0.25, -0.2) is 4.98 Å². The average Bonchev–Trinajstić information content (AvgIpc) is 2.31. The highest BCUT2D eigenvalue weighted by Gasteiger charge is 2.18. The Morgan fingerprint density at radius 1 is 1.65 bits per heavy atom. The maximum atomic E-state index is 12.0. The van der Waals surface area contributed by atoms with Crippen LogP contribution >= 0.6 is 23.2 Å². The summed E-state index contributed by atoms with van der Waals surface area (Å²) in [6, 6.07) is 3.32. The molecule has 0 fully saturated rings. The third-order valence-electron chi connectivity index (χ3n) is 2.41. The van der Waals surface area contributed by atoms with Crippen LogP contribution < -0.4 is 0 Å². The fourth-order valence-corrected chi connectivity index (χ4v) is 1.48. The maximum absolute atomic E-state index is 12.0. The van der Waals surface area contributed by atoms with Crippen molar-refractivity contribution in [1.29, 1.82) is 5.26 Å². The number of halogens is 2. The first-order valence-corrected chi connectivity index (χ1v) is 5.68. The smallest absolute Gasteiger partial charge is 0.255 e. The van der Waals surface area contributed by atoms with Gasteiger partial charge in [-0.3, -0.25) is 4.79 Å². The fourth-order valence-electron chi connectivity index (χ4n) is 1.21. The number of pyridine rings is 1. The van der Waals surface area contributed by atoms with E-state index >= 15 is 0 Å². The van der Waals surface area contributed by atoms with E-state index in [1.807, 2.05) is 6.07 Å². The number of amides is 1. The molecule has 0 spiro atoms. The first kappa shape index (κ1) is 13.8. The molecule has 4 nitrogen and oxygen atoms in total. The largest absolute Gasteiger partial charge is 0.338 e. The van der Waals surface area contributed by atoms with Crippen molar-refractivity contribution < 1.29 is 4.79 Å². The van der Waals surface area contributed by atoms with Gasteiger partial charge in [-0.15, -0.1) is 0 Å². The molecule has 0 aromatic carbocycles. The molecule has 6 heteroatoms. The zero-order valence-electron chi connectivity index (χ0n) is 9.44. The first-order valence-electron chi connectivity index (χ1n) is 4.92. The molecular formula is C11H11Cl2N3O. The van der Waals surface area contributed by atoms with Crippen molar-refractivity contribution in [3.63, 3.8) is 0 Å². The van der Waals surface area contributed by atoms with Gasteiger partial charge in [0.2, 0.25) is 0 Å². The molecule has 90 valence electrons. The van der Waals surface area contributed by atoms with E-state index in [4.69, 9.17) is 28.5 Å². The molecule has 0 aliphatic heterocycles. The van der Waals surface area contributed by atoms with Gasteiger partial charge in [-0.05, 0) is 13.0 Å². The summed E-state index contributed by atoms with van der Waals surface area (Å²) in [5.74, 6) is -0.237. The molecule has 1 aromatic heterocycles. The van der Waals surface area contributed by atoms with Crippen LogP contribution in [0, 0.1) is 11.3 Å². The predicted octanol–water partition coefficient (Wildman–Crippen LogP) is 2.76. The zero-order valence-corrected chi connectivity index (χ0v) is 11.0. The highest BCUT2D eigenvalue weighted by Crippen LogP contribution is 2.20. The summed E-state index contributed by atoms with van der Waals surface area (Å²) < 4.78 is 0. The summed E-state index contributed by atoms with van der Waals surface area (Å²) in [7, 11) is 1.63. The molecule has 17 heavy (non-hydrogen) atoms. The molecule has 1 rings (SSSR count). The van der Waals surface area contributed by atoms with E-state index in [0.29, 0.717) is 5.56 Å². The van der Waals surface area contributed by atoms with Crippen LogP contribution in [0.5, 0.6) is 0 Å². The molecule has 0 radical (unpaired) electrons. The Morgan fingerprint density at radius 3 is 2.82 bits per heavy atom. The van der Waals surface area contributed by atoms with Crippen LogP contribution in [-0.4, -0.2) is 28.9 Å². The lowest BCUT2D eigenvalue weighted by Crippen LogP contribution is -2.34. The molecule has 1 amide bonds. The van der Waals surface area contributed by atoms with Crippen molar-refractivity contribution in [2.24, 2.45) is 0 Å². The van der Waals surface area contributed by atoms with E-state index < -0.39 is 0 Å². The summed E-state index contributed by atoms with van der Waals surface area (Å²) in [5, 5.41) is 8.98. The van der Waals surface area contributed by atoms with Gasteiger partial charge >= 0.3 is 0 Å². The SMILES string of the molecule is CC(CC#N)N(C)C(=O)c1cnc(Cl)c(Cl)c1. The number of rotatable bonds is 3. The van der Waals surface area contributed by atoms with E-state index in [2.05, 4.69) is 4.98 Å². The Balaban J connectivity index is 2.89. The van der Waals surface area contributed by atoms with Gasteiger partial charge in [-0.1, -0.05) is 23.2 Å². The summed E-state index contributed by atoms with van der Waals surface area (Å²) in [5.41, 5.74) is 0.353. The molecule has 1 aromatic rings. The highest BCUT2D eigenvalue weighted by atomic mass is 35.5. The predicted molar refractivity (Wildman–Crippen MR) is 66.0 cm³/mol. The van der Waals surface area contributed by atoms with E-state index in [-0.39, 0.29) is 28.5 Å². The van der Waals surface area contributed by atoms with Crippen LogP contribution in [0.3, 0.4) is 0 Å². The van der Waals surface area contributed by atoms with Crippen molar-refractivity contribution in [1.82, 2.24) is 9.88 Å². The molecular weight excluding hydrogens is 261 g/mol. The lowest BCUT2D eigenvalue weighted by molar-refractivity contribution is 0.0746. The van der Waals surface area contributed by atoms with Gasteiger partial charge < -0.3 is 4.90 Å². The minimum Gasteiger partial charge on any atom is -0.338 e. The maximum Gasteiger partial charge on any atom is 0.255 e. The topological polar surface area (TPSA) is 57.0 Å². The van der Waals surface area contributed by atoms with Gasteiger partial charge in [0.15, 0.2) is 0 Å². The van der Waals surface area contributed by atoms with Crippen LogP contribution in [0.25, 0.3) is 0 Å². The molecule has 0 saturated carbocycles. The number of nitriles is 1. The second-order valence-corrected chi connectivity index (χ2v) is 4.39. The Kier molecular flexibility index (Phi) is 4.73. The summed E-state index contributed by atoms with van der Waals surface area (Å²) in [4.78, 5) is 17.3. The van der Waals surface area contributed by atoms with Crippen molar-refractivity contribution in [2.45, 2.75) is 19.4 Å². The van der Waals surface area contributed by atoms with Crippen molar-refractivity contribution in [2.75, 3.05) is 7.05 Å². The standard InChI is InChI=1S/C11H11Cl2N3O/c1-7(3-4-14)16(2)11(17)8-5-9(12)10(13)15-6-8/h5-7H,3H2,1-2H3. The Morgan fingerprint density at radius 2 is 2.29 bits per heavy atom. The highest BCUT2D eigenvalue weighted by molar-refractivity contribution is 6.41. The summed E-state index contributed by atoms with van der Waals surface area (Å²) >= 11 is 11.5. The van der Waals surface area contributed by atoms with Gasteiger partial charge in [0.05, 0.1) is 23.1 Å². The normalized spacial score (nSPS) is 11.7. The van der Waals surface area contributed by atoms with Crippen molar-refractivity contribution in [3.05, 3.63) is 28.0 Å². The number of nitrogens with zero attached hydrogens (tertiary/aromatic N) is 3. The Labute approximate surface area is 110 Å². The summed E-state index contributed by atoms with van der Waals surface area (Å²) in [6.07, 6.45) is 1.64. The van der Waals surface area contributed by atoms with Crippen molar-refractivity contribution in [3.8, 4) is 6.07 Å². The minimum atomic E-state index is -0.237. The molecule has 0 saturated heterocycles. The lowest BCUT2D eigenvalue weighted by atomic mass is 10.2. The van der Waals surface area contributed by atoms with Gasteiger partial charge in [0, 0.05) is 19.3 Å². The zero-order chi connectivity index (χ0) is 13.0. The molecule has 1 atom stereocenters. The van der Waals surface area contributed by atoms with Crippen molar-refractivity contribution >= 4 is 29.1 Å². The fraction of sp³-hybridized carbons (Fsp3) is 0.364. The van der Waals surface area contributed by atoms with Crippen LogP contribution in [0.15, 0.2) is 12.3 Å². The van der Waals surface area contributed by atoms with Gasteiger partial charge in [0.1, 0.15) is 5.15 Å². The summed E-state index contributed by atoms with van der Waals surface area (Å²) in [6.45, 7) is 1.80. The lowest BCUT2D eigenvalue weighted by Gasteiger charge is -2.22. The minimum absolute atomic E-state index is 0.163. The number of hydrogen-bond donors (Lipinski definition) is 0. The number of carbonyl (C=O) groups excluding carboxylic acids is 1. The molecule has 0 aliphatic carbocycles. The van der Waals surface area contributed by atoms with Crippen LogP contribution in [0.1, 0.15) is 23.7 Å². The quantitative estimate of drug-likeness (QED) is 0.795. The number of hydrogen-bond acceptors (Lipinski definition) is 3. The third-order valence-corrected chi connectivity index (χ3v) is 3.10. The first-order chi connectivity index (χ1) is 7.97. The monoisotopic (exact) mass is 271 g/mol. The van der Waals surface area contributed by atoms with E-state index in [0.717, 1.165) is 0 Å². The second kappa shape index (κ2) is 5.85. The Hall–Kier alpha value is -1.31. The molecule has 1 heterocycles. The van der Waals surface area contributed by atoms with Gasteiger partial charge in [-0.2, -0.15) is 5.26 Å². The van der Waals surface area contributed by atoms with E-state index in [9.17, 15) is 4.79 Å². The van der Waals surface area contributed by atoms with E-state index in [1.165, 1.54) is 17.2 Å². The van der Waals surface area contributed by atoms with Gasteiger partial charge in [0.25, 0.3) is 5.91 Å². The molecule has 0 bridgehead atoms. The third kappa shape index (κ3) is 3.32. The molecule has 0 aliphatic rings. The number of carbonyl (C=O) groups is 1. The van der Waals surface area contributed by atoms with Crippen LogP contribution in [-0.2, 0) is 0 Å². The van der Waals surface area contributed by atoms with E-state index in [1.54, 1.807) is 14.0 Å². The average molecular weight is 272 g/mol. The molecule has 1 unspecified atom stereocenters. The van der Waals surface area contributed by atoms with Crippen LogP contribution in [0.4, 0.5) is 0 Å².